The molecule has 1 nitrogen and oxygen atoms in total. The van der Waals surface area contributed by atoms with Crippen LogP contribution in [0.3, 0.4) is 0 Å². The maximum atomic E-state index is 12.1. The number of hydrogen-bond acceptors (Lipinski definition) is 1. The number of Topliss-reactive ketones (excluding diaryl/α,β-unsaturated/α-hetero) is 1. The van der Waals surface area contributed by atoms with Gasteiger partial charge < -0.3 is 0 Å². The van der Waals surface area contributed by atoms with Gasteiger partial charge in [-0.2, -0.15) is 0 Å². The van der Waals surface area contributed by atoms with E-state index >= 15 is 0 Å². The van der Waals surface area contributed by atoms with Crippen molar-refractivity contribution >= 4 is 5.78 Å². The third-order valence-corrected chi connectivity index (χ3v) is 5.05. The van der Waals surface area contributed by atoms with Gasteiger partial charge in [-0.1, -0.05) is 68.2 Å². The molecule has 0 aliphatic heterocycles. The first-order valence-electron chi connectivity index (χ1n) is 9.76. The number of rotatable bonds is 7. The van der Waals surface area contributed by atoms with Crippen LogP contribution in [0.5, 0.6) is 0 Å². The van der Waals surface area contributed by atoms with Crippen LogP contribution in [0.25, 0.3) is 0 Å². The number of hydrogen-bond donors (Lipinski definition) is 0. The highest BCUT2D eigenvalue weighted by Crippen LogP contribution is 2.43. The van der Waals surface area contributed by atoms with Crippen LogP contribution in [-0.4, -0.2) is 5.78 Å². The highest BCUT2D eigenvalue weighted by atomic mass is 16.1. The Morgan fingerprint density at radius 2 is 1.59 bits per heavy atom. The molecule has 22 heavy (non-hydrogen) atoms. The van der Waals surface area contributed by atoms with Crippen LogP contribution in [0.4, 0.5) is 0 Å². The zero-order valence-corrected chi connectivity index (χ0v) is 16.7. The van der Waals surface area contributed by atoms with Crippen LogP contribution in [-0.2, 0) is 4.79 Å². The van der Waals surface area contributed by atoms with Crippen LogP contribution in [0.2, 0.25) is 0 Å². The topological polar surface area (TPSA) is 17.1 Å². The summed E-state index contributed by atoms with van der Waals surface area (Å²) in [6.45, 7) is 17.4. The highest BCUT2D eigenvalue weighted by molar-refractivity contribution is 5.79. The first kappa shape index (κ1) is 21.7. The maximum absolute atomic E-state index is 12.1. The van der Waals surface area contributed by atoms with Crippen molar-refractivity contribution in [2.45, 2.75) is 100 Å². The third-order valence-electron chi connectivity index (χ3n) is 5.05. The van der Waals surface area contributed by atoms with Crippen molar-refractivity contribution in [2.75, 3.05) is 0 Å². The molecule has 0 N–H and O–H groups in total. The predicted octanol–water partition coefficient (Wildman–Crippen LogP) is 6.90. The van der Waals surface area contributed by atoms with E-state index in [0.29, 0.717) is 11.7 Å². The Bertz CT molecular complexity index is 300. The van der Waals surface area contributed by atoms with Crippen LogP contribution in [0.1, 0.15) is 100 Å². The Balaban J connectivity index is 0.00000211. The lowest BCUT2D eigenvalue weighted by Gasteiger charge is -2.23. The molecule has 0 aromatic carbocycles. The van der Waals surface area contributed by atoms with E-state index in [1.165, 1.54) is 32.1 Å². The summed E-state index contributed by atoms with van der Waals surface area (Å²) in [5, 5.41) is 0. The van der Waals surface area contributed by atoms with Gasteiger partial charge in [0, 0.05) is 12.8 Å². The van der Waals surface area contributed by atoms with E-state index in [4.69, 9.17) is 0 Å². The Labute approximate surface area is 140 Å². The molecule has 0 amide bonds. The Morgan fingerprint density at radius 1 is 1.05 bits per heavy atom. The van der Waals surface area contributed by atoms with Gasteiger partial charge in [0.05, 0.1) is 0 Å². The lowest BCUT2D eigenvalue weighted by molar-refractivity contribution is -0.121. The number of carbonyl (C=O) groups excluding carboxylic acids is 1. The second kappa shape index (κ2) is 10.4. The fraction of sp³-hybridized carbons (Fsp3) is 0.952. The van der Waals surface area contributed by atoms with Crippen molar-refractivity contribution in [1.29, 1.82) is 0 Å². The molecular formula is C21H42O. The second-order valence-electron chi connectivity index (χ2n) is 8.50. The lowest BCUT2D eigenvalue weighted by atomic mass is 9.82. The zero-order chi connectivity index (χ0) is 17.3. The Kier molecular flexibility index (Phi) is 10.3. The van der Waals surface area contributed by atoms with E-state index in [1.807, 2.05) is 13.8 Å². The Hall–Kier alpha value is -0.330. The number of ketones is 1. The van der Waals surface area contributed by atoms with Gasteiger partial charge >= 0.3 is 0 Å². The van der Waals surface area contributed by atoms with Crippen molar-refractivity contribution in [3.8, 4) is 0 Å². The van der Waals surface area contributed by atoms with E-state index in [9.17, 15) is 4.79 Å². The van der Waals surface area contributed by atoms with Crippen molar-refractivity contribution < 1.29 is 4.79 Å². The lowest BCUT2D eigenvalue weighted by Crippen LogP contribution is -2.17. The predicted molar refractivity (Wildman–Crippen MR) is 99.1 cm³/mol. The molecule has 1 saturated carbocycles. The Morgan fingerprint density at radius 3 is 2.05 bits per heavy atom. The molecular weight excluding hydrogens is 268 g/mol. The van der Waals surface area contributed by atoms with E-state index in [-0.39, 0.29) is 5.41 Å². The van der Waals surface area contributed by atoms with Crippen LogP contribution in [0.15, 0.2) is 0 Å². The zero-order valence-electron chi connectivity index (χ0n) is 16.7. The molecule has 4 atom stereocenters. The van der Waals surface area contributed by atoms with Gasteiger partial charge in [0.15, 0.2) is 0 Å². The molecule has 1 aliphatic carbocycles. The van der Waals surface area contributed by atoms with Crippen LogP contribution >= 0.6 is 0 Å². The standard InChI is InChI=1S/C19H36O.C2H6/c1-7-15-11-16(8-2)17(12-15)9-14(3)10-18(20)13-19(4,5)6;1-2/h14-17H,7-13H2,1-6H3;1-2H3. The van der Waals surface area contributed by atoms with Crippen LogP contribution < -0.4 is 0 Å². The minimum Gasteiger partial charge on any atom is -0.300 e. The molecule has 0 saturated heterocycles. The van der Waals surface area contributed by atoms with E-state index in [1.54, 1.807) is 0 Å². The van der Waals surface area contributed by atoms with Gasteiger partial charge in [-0.25, -0.2) is 0 Å². The largest absolute Gasteiger partial charge is 0.300 e. The summed E-state index contributed by atoms with van der Waals surface area (Å²) in [7, 11) is 0. The minimum absolute atomic E-state index is 0.142. The summed E-state index contributed by atoms with van der Waals surface area (Å²) in [4.78, 5) is 12.1. The van der Waals surface area contributed by atoms with Gasteiger partial charge in [-0.05, 0) is 48.3 Å². The van der Waals surface area contributed by atoms with Crippen molar-refractivity contribution in [3.63, 3.8) is 0 Å². The monoisotopic (exact) mass is 310 g/mol. The van der Waals surface area contributed by atoms with E-state index in [0.717, 1.165) is 30.6 Å². The SMILES string of the molecule is CC.CCC1CC(CC)C(CC(C)CC(=O)CC(C)(C)C)C1. The first-order valence-corrected chi connectivity index (χ1v) is 9.76. The van der Waals surface area contributed by atoms with E-state index in [2.05, 4.69) is 41.5 Å². The number of carbonyl (C=O) groups is 1. The average molecular weight is 311 g/mol. The molecule has 0 aromatic heterocycles. The van der Waals surface area contributed by atoms with Gasteiger partial charge in [-0.15, -0.1) is 0 Å². The fourth-order valence-corrected chi connectivity index (χ4v) is 4.11. The molecule has 132 valence electrons. The molecule has 0 aromatic rings. The van der Waals surface area contributed by atoms with Crippen molar-refractivity contribution in [2.24, 2.45) is 29.1 Å². The fourth-order valence-electron chi connectivity index (χ4n) is 4.11. The summed E-state index contributed by atoms with van der Waals surface area (Å²) >= 11 is 0. The molecule has 1 heteroatoms. The molecule has 1 aliphatic rings. The molecule has 0 heterocycles. The van der Waals surface area contributed by atoms with Gasteiger partial charge in [-0.3, -0.25) is 4.79 Å². The first-order chi connectivity index (χ1) is 10.2. The molecule has 1 rings (SSSR count). The summed E-state index contributed by atoms with van der Waals surface area (Å²) in [6, 6.07) is 0. The van der Waals surface area contributed by atoms with Crippen molar-refractivity contribution in [3.05, 3.63) is 0 Å². The molecule has 0 spiro atoms. The normalized spacial score (nSPS) is 26.3. The van der Waals surface area contributed by atoms with E-state index < -0.39 is 0 Å². The minimum atomic E-state index is 0.142. The molecule has 4 unspecified atom stereocenters. The smallest absolute Gasteiger partial charge is 0.133 e. The van der Waals surface area contributed by atoms with Gasteiger partial charge in [0.25, 0.3) is 0 Å². The summed E-state index contributed by atoms with van der Waals surface area (Å²) < 4.78 is 0. The average Bonchev–Trinajstić information content (AvgIpc) is 2.80. The summed E-state index contributed by atoms with van der Waals surface area (Å²) in [5.74, 6) is 3.77. The van der Waals surface area contributed by atoms with Gasteiger partial charge in [0.2, 0.25) is 0 Å². The summed E-state index contributed by atoms with van der Waals surface area (Å²) in [6.07, 6.45) is 8.30. The van der Waals surface area contributed by atoms with Gasteiger partial charge in [0.1, 0.15) is 5.78 Å². The molecule has 0 bridgehead atoms. The second-order valence-corrected chi connectivity index (χ2v) is 8.50. The van der Waals surface area contributed by atoms with Crippen LogP contribution in [0, 0.1) is 29.1 Å². The summed E-state index contributed by atoms with van der Waals surface area (Å²) in [5.41, 5.74) is 0.142. The molecule has 0 radical (unpaired) electrons. The van der Waals surface area contributed by atoms with Crippen molar-refractivity contribution in [1.82, 2.24) is 0 Å². The quantitative estimate of drug-likeness (QED) is 0.500. The third kappa shape index (κ3) is 8.34. The highest BCUT2D eigenvalue weighted by Gasteiger charge is 2.33. The molecule has 1 fully saturated rings. The maximum Gasteiger partial charge on any atom is 0.133 e.